The molecule has 0 aliphatic heterocycles. The quantitative estimate of drug-likeness (QED) is 0.729. The molecule has 0 unspecified atom stereocenters. The molecule has 0 heterocycles. The Morgan fingerprint density at radius 2 is 1.65 bits per heavy atom. The number of rotatable bonds is 6. The second kappa shape index (κ2) is 5.49. The summed E-state index contributed by atoms with van der Waals surface area (Å²) in [5, 5.41) is 12.3. The van der Waals surface area contributed by atoms with Crippen LogP contribution in [0.1, 0.15) is 34.1 Å². The Kier molecular flexibility index (Phi) is 5.13. The van der Waals surface area contributed by atoms with E-state index in [9.17, 15) is 9.59 Å². The Bertz CT molecular complexity index is 296. The third-order valence-corrected chi connectivity index (χ3v) is 3.50. The number of aliphatic carboxylic acids is 1. The number of hydrogen-bond acceptors (Lipinski definition) is 3. The molecule has 100 valence electrons. The summed E-state index contributed by atoms with van der Waals surface area (Å²) >= 11 is 0. The molecule has 0 aromatic heterocycles. The highest BCUT2D eigenvalue weighted by atomic mass is 16.4. The highest BCUT2D eigenvalue weighted by Gasteiger charge is 2.42. The maximum absolute atomic E-state index is 11.4. The summed E-state index contributed by atoms with van der Waals surface area (Å²) < 4.78 is 0. The Hall–Kier alpha value is -1.10. The molecule has 1 amide bonds. The van der Waals surface area contributed by atoms with E-state index in [-0.39, 0.29) is 5.91 Å². The lowest BCUT2D eigenvalue weighted by Crippen LogP contribution is -2.55. The van der Waals surface area contributed by atoms with Crippen molar-refractivity contribution in [2.45, 2.75) is 39.7 Å². The van der Waals surface area contributed by atoms with Gasteiger partial charge >= 0.3 is 5.97 Å². The lowest BCUT2D eigenvalue weighted by molar-refractivity contribution is -0.151. The smallest absolute Gasteiger partial charge is 0.310 e. The molecule has 0 aromatic rings. The summed E-state index contributed by atoms with van der Waals surface area (Å²) in [7, 11) is 3.41. The van der Waals surface area contributed by atoms with Gasteiger partial charge in [0.05, 0.1) is 5.41 Å². The minimum absolute atomic E-state index is 0.0291. The average Bonchev–Trinajstić information content (AvgIpc) is 2.16. The van der Waals surface area contributed by atoms with Crippen molar-refractivity contribution in [3.05, 3.63) is 0 Å². The number of carboxylic acid groups (broad SMARTS) is 1. The van der Waals surface area contributed by atoms with Crippen LogP contribution >= 0.6 is 0 Å². The Balaban J connectivity index is 4.38. The van der Waals surface area contributed by atoms with Gasteiger partial charge in [0, 0.05) is 32.6 Å². The molecule has 0 spiro atoms. The van der Waals surface area contributed by atoms with Gasteiger partial charge in [-0.05, 0) is 27.7 Å². The molecule has 0 saturated heterocycles. The van der Waals surface area contributed by atoms with Crippen molar-refractivity contribution < 1.29 is 14.7 Å². The maximum Gasteiger partial charge on any atom is 0.310 e. The van der Waals surface area contributed by atoms with Gasteiger partial charge in [-0.1, -0.05) is 0 Å². The van der Waals surface area contributed by atoms with Gasteiger partial charge < -0.3 is 15.3 Å². The standard InChI is InChI=1S/C12H24N2O3/c1-11(2,10(16)17)12(3,4)13-8-7-9(15)14(5)6/h13H,7-8H2,1-6H3,(H,16,17). The summed E-state index contributed by atoms with van der Waals surface area (Å²) in [6.07, 6.45) is 0.367. The number of nitrogens with one attached hydrogen (secondary N) is 1. The van der Waals surface area contributed by atoms with E-state index >= 15 is 0 Å². The number of nitrogens with zero attached hydrogens (tertiary/aromatic N) is 1. The number of hydrogen-bond donors (Lipinski definition) is 2. The second-order valence-electron chi connectivity index (χ2n) is 5.52. The van der Waals surface area contributed by atoms with Gasteiger partial charge in [-0.2, -0.15) is 0 Å². The molecule has 0 atom stereocenters. The van der Waals surface area contributed by atoms with E-state index in [1.54, 1.807) is 27.9 Å². The second-order valence-corrected chi connectivity index (χ2v) is 5.52. The summed E-state index contributed by atoms with van der Waals surface area (Å²) in [4.78, 5) is 24.1. The van der Waals surface area contributed by atoms with Crippen LogP contribution in [0.2, 0.25) is 0 Å². The third-order valence-electron chi connectivity index (χ3n) is 3.50. The van der Waals surface area contributed by atoms with Gasteiger partial charge in [-0.15, -0.1) is 0 Å². The van der Waals surface area contributed by atoms with Crippen LogP contribution in [0.5, 0.6) is 0 Å². The van der Waals surface area contributed by atoms with E-state index in [2.05, 4.69) is 5.32 Å². The van der Waals surface area contributed by atoms with Crippen LogP contribution in [-0.4, -0.2) is 48.1 Å². The lowest BCUT2D eigenvalue weighted by atomic mass is 9.74. The summed E-state index contributed by atoms with van der Waals surface area (Å²) in [5.41, 5.74) is -1.47. The predicted molar refractivity (Wildman–Crippen MR) is 66.8 cm³/mol. The average molecular weight is 244 g/mol. The first-order chi connectivity index (χ1) is 7.52. The molecule has 0 aromatic carbocycles. The van der Waals surface area contributed by atoms with Crippen LogP contribution in [-0.2, 0) is 9.59 Å². The van der Waals surface area contributed by atoms with Gasteiger partial charge in [-0.25, -0.2) is 0 Å². The minimum atomic E-state index is -0.895. The number of carbonyl (C=O) groups excluding carboxylic acids is 1. The SMILES string of the molecule is CN(C)C(=O)CCNC(C)(C)C(C)(C)C(=O)O. The molecule has 0 aliphatic carbocycles. The van der Waals surface area contributed by atoms with Crippen LogP contribution in [0, 0.1) is 5.41 Å². The molecule has 0 aliphatic rings. The third kappa shape index (κ3) is 4.00. The fourth-order valence-corrected chi connectivity index (χ4v) is 1.19. The van der Waals surface area contributed by atoms with Gasteiger partial charge in [0.25, 0.3) is 0 Å². The molecule has 5 heteroatoms. The zero-order valence-corrected chi connectivity index (χ0v) is 11.6. The van der Waals surface area contributed by atoms with E-state index in [0.717, 1.165) is 0 Å². The molecule has 0 rings (SSSR count). The van der Waals surface area contributed by atoms with Crippen molar-refractivity contribution in [3.8, 4) is 0 Å². The van der Waals surface area contributed by atoms with Crippen molar-refractivity contribution in [3.63, 3.8) is 0 Å². The molecule has 2 N–H and O–H groups in total. The van der Waals surface area contributed by atoms with E-state index in [0.29, 0.717) is 13.0 Å². The minimum Gasteiger partial charge on any atom is -0.481 e. The summed E-state index contributed by atoms with van der Waals surface area (Å²) in [6.45, 7) is 7.50. The first-order valence-corrected chi connectivity index (χ1v) is 5.71. The van der Waals surface area contributed by atoms with Crippen molar-refractivity contribution in [1.29, 1.82) is 0 Å². The molecule has 0 saturated carbocycles. The van der Waals surface area contributed by atoms with E-state index in [1.165, 1.54) is 4.90 Å². The number of carboxylic acids is 1. The molecule has 17 heavy (non-hydrogen) atoms. The van der Waals surface area contributed by atoms with Crippen LogP contribution in [0.15, 0.2) is 0 Å². The maximum atomic E-state index is 11.4. The zero-order chi connectivity index (χ0) is 13.9. The molecule has 0 fully saturated rings. The normalized spacial score (nSPS) is 12.4. The van der Waals surface area contributed by atoms with Crippen LogP contribution in [0.25, 0.3) is 0 Å². The highest BCUT2D eigenvalue weighted by molar-refractivity contribution is 5.76. The monoisotopic (exact) mass is 244 g/mol. The largest absolute Gasteiger partial charge is 0.481 e. The summed E-state index contributed by atoms with van der Waals surface area (Å²) in [6, 6.07) is 0. The Morgan fingerprint density at radius 1 is 1.18 bits per heavy atom. The van der Waals surface area contributed by atoms with Crippen molar-refractivity contribution in [2.75, 3.05) is 20.6 Å². The Labute approximate surface area is 103 Å². The predicted octanol–water partition coefficient (Wildman–Crippen LogP) is 0.944. The summed E-state index contributed by atoms with van der Waals surface area (Å²) in [5.74, 6) is -0.824. The van der Waals surface area contributed by atoms with Crippen molar-refractivity contribution in [2.24, 2.45) is 5.41 Å². The molecule has 0 bridgehead atoms. The first kappa shape index (κ1) is 15.9. The lowest BCUT2D eigenvalue weighted by Gasteiger charge is -2.39. The number of carbonyl (C=O) groups is 2. The first-order valence-electron chi connectivity index (χ1n) is 5.71. The van der Waals surface area contributed by atoms with Crippen LogP contribution in [0.4, 0.5) is 0 Å². The Morgan fingerprint density at radius 3 is 2.00 bits per heavy atom. The van der Waals surface area contributed by atoms with Gasteiger partial charge in [-0.3, -0.25) is 9.59 Å². The fraction of sp³-hybridized carbons (Fsp3) is 0.833. The molecular weight excluding hydrogens is 220 g/mol. The molecule has 5 nitrogen and oxygen atoms in total. The zero-order valence-electron chi connectivity index (χ0n) is 11.6. The van der Waals surface area contributed by atoms with Gasteiger partial charge in [0.2, 0.25) is 5.91 Å². The van der Waals surface area contributed by atoms with E-state index in [1.807, 2.05) is 13.8 Å². The van der Waals surface area contributed by atoms with Crippen molar-refractivity contribution >= 4 is 11.9 Å². The van der Waals surface area contributed by atoms with Gasteiger partial charge in [0.1, 0.15) is 0 Å². The number of amides is 1. The van der Waals surface area contributed by atoms with Crippen LogP contribution in [0.3, 0.4) is 0 Å². The topological polar surface area (TPSA) is 69.6 Å². The van der Waals surface area contributed by atoms with Crippen molar-refractivity contribution in [1.82, 2.24) is 10.2 Å². The van der Waals surface area contributed by atoms with Gasteiger partial charge in [0.15, 0.2) is 0 Å². The molecule has 0 radical (unpaired) electrons. The van der Waals surface area contributed by atoms with Crippen LogP contribution < -0.4 is 5.32 Å². The highest BCUT2D eigenvalue weighted by Crippen LogP contribution is 2.30. The van der Waals surface area contributed by atoms with E-state index in [4.69, 9.17) is 5.11 Å². The molecular formula is C12H24N2O3. The van der Waals surface area contributed by atoms with E-state index < -0.39 is 16.9 Å². The fourth-order valence-electron chi connectivity index (χ4n) is 1.19.